The molecule has 1 aliphatic carbocycles. The number of hydrogen-bond acceptors (Lipinski definition) is 4. The molecule has 1 heterocycles. The first-order chi connectivity index (χ1) is 9.15. The van der Waals surface area contributed by atoms with Crippen molar-refractivity contribution in [3.05, 3.63) is 34.4 Å². The number of fused-ring (bicyclic) bond motifs is 1. The van der Waals surface area contributed by atoms with Crippen LogP contribution in [0.4, 0.5) is 11.4 Å². The lowest BCUT2D eigenvalue weighted by atomic mass is 9.78. The highest BCUT2D eigenvalue weighted by Crippen LogP contribution is 2.38. The van der Waals surface area contributed by atoms with Gasteiger partial charge in [-0.2, -0.15) is 0 Å². The number of nitrogens with zero attached hydrogens (tertiary/aromatic N) is 2. The zero-order valence-corrected chi connectivity index (χ0v) is 10.9. The van der Waals surface area contributed by atoms with Gasteiger partial charge in [-0.1, -0.05) is 12.5 Å². The van der Waals surface area contributed by atoms with Crippen LogP contribution in [0.1, 0.15) is 19.3 Å². The van der Waals surface area contributed by atoms with Crippen molar-refractivity contribution in [1.29, 1.82) is 0 Å². The molecule has 3 unspecified atom stereocenters. The number of anilines is 1. The molecule has 1 saturated carbocycles. The molecule has 5 heteroatoms. The van der Waals surface area contributed by atoms with E-state index in [0.29, 0.717) is 17.9 Å². The molecular weight excluding hydrogens is 242 g/mol. The lowest BCUT2D eigenvalue weighted by Crippen LogP contribution is -2.38. The number of rotatable bonds is 2. The van der Waals surface area contributed by atoms with E-state index in [-0.39, 0.29) is 10.6 Å². The van der Waals surface area contributed by atoms with E-state index in [9.17, 15) is 10.1 Å². The summed E-state index contributed by atoms with van der Waals surface area (Å²) < 4.78 is 0. The monoisotopic (exact) mass is 261 g/mol. The van der Waals surface area contributed by atoms with Gasteiger partial charge in [0, 0.05) is 37.0 Å². The van der Waals surface area contributed by atoms with Gasteiger partial charge in [-0.15, -0.1) is 0 Å². The molecule has 2 aliphatic rings. The van der Waals surface area contributed by atoms with Crippen molar-refractivity contribution in [3.8, 4) is 0 Å². The summed E-state index contributed by atoms with van der Waals surface area (Å²) in [5.74, 6) is 1.20. The maximum Gasteiger partial charge on any atom is 0.271 e. The molecule has 19 heavy (non-hydrogen) atoms. The molecule has 0 spiro atoms. The van der Waals surface area contributed by atoms with Crippen LogP contribution in [0.3, 0.4) is 0 Å². The molecule has 0 bridgehead atoms. The second-order valence-electron chi connectivity index (χ2n) is 5.70. The number of nitro groups is 1. The Balaban J connectivity index is 1.80. The zero-order valence-electron chi connectivity index (χ0n) is 10.9. The van der Waals surface area contributed by atoms with Gasteiger partial charge in [-0.3, -0.25) is 10.1 Å². The van der Waals surface area contributed by atoms with E-state index in [2.05, 4.69) is 4.90 Å². The van der Waals surface area contributed by atoms with Crippen molar-refractivity contribution >= 4 is 11.4 Å². The second-order valence-corrected chi connectivity index (χ2v) is 5.70. The Hall–Kier alpha value is -1.62. The van der Waals surface area contributed by atoms with Gasteiger partial charge in [-0.05, 0) is 30.7 Å². The number of non-ortho nitro benzene ring substituents is 1. The van der Waals surface area contributed by atoms with Crippen molar-refractivity contribution in [1.82, 2.24) is 0 Å². The first-order valence-corrected chi connectivity index (χ1v) is 6.90. The molecule has 102 valence electrons. The number of nitro benzene ring substituents is 1. The highest BCUT2D eigenvalue weighted by atomic mass is 16.6. The Morgan fingerprint density at radius 1 is 1.32 bits per heavy atom. The molecule has 0 aromatic heterocycles. The predicted molar refractivity (Wildman–Crippen MR) is 74.1 cm³/mol. The Labute approximate surface area is 112 Å². The highest BCUT2D eigenvalue weighted by molar-refractivity contribution is 5.54. The average molecular weight is 261 g/mol. The maximum atomic E-state index is 10.8. The summed E-state index contributed by atoms with van der Waals surface area (Å²) in [5.41, 5.74) is 7.32. The van der Waals surface area contributed by atoms with Gasteiger partial charge in [0.1, 0.15) is 0 Å². The first kappa shape index (κ1) is 12.4. The second kappa shape index (κ2) is 4.81. The molecule has 2 N–H and O–H groups in total. The fourth-order valence-corrected chi connectivity index (χ4v) is 3.53. The topological polar surface area (TPSA) is 72.4 Å². The molecule has 1 aliphatic heterocycles. The first-order valence-electron chi connectivity index (χ1n) is 6.90. The standard InChI is InChI=1S/C14H19N3O2/c15-14-6-1-3-10-8-16(9-13(10)14)11-4-2-5-12(7-11)17(18)19/h2,4-5,7,10,13-14H,1,3,6,8-9,15H2. The predicted octanol–water partition coefficient (Wildman–Crippen LogP) is 2.16. The summed E-state index contributed by atoms with van der Waals surface area (Å²) in [7, 11) is 0. The third kappa shape index (κ3) is 2.30. The van der Waals surface area contributed by atoms with E-state index in [1.54, 1.807) is 18.2 Å². The van der Waals surface area contributed by atoms with Gasteiger partial charge < -0.3 is 10.6 Å². The smallest absolute Gasteiger partial charge is 0.271 e. The Morgan fingerprint density at radius 2 is 2.16 bits per heavy atom. The number of hydrogen-bond donors (Lipinski definition) is 1. The lowest BCUT2D eigenvalue weighted by Gasteiger charge is -2.29. The lowest BCUT2D eigenvalue weighted by molar-refractivity contribution is -0.384. The summed E-state index contributed by atoms with van der Waals surface area (Å²) >= 11 is 0. The van der Waals surface area contributed by atoms with Crippen LogP contribution in [0, 0.1) is 22.0 Å². The van der Waals surface area contributed by atoms with E-state index < -0.39 is 0 Å². The third-order valence-corrected chi connectivity index (χ3v) is 4.56. The Bertz CT molecular complexity index is 491. The quantitative estimate of drug-likeness (QED) is 0.654. The summed E-state index contributed by atoms with van der Waals surface area (Å²) in [4.78, 5) is 12.8. The van der Waals surface area contributed by atoms with Gasteiger partial charge in [-0.25, -0.2) is 0 Å². The average Bonchev–Trinajstić information content (AvgIpc) is 2.84. The summed E-state index contributed by atoms with van der Waals surface area (Å²) in [6, 6.07) is 7.22. The van der Waals surface area contributed by atoms with Crippen LogP contribution in [-0.4, -0.2) is 24.1 Å². The fourth-order valence-electron chi connectivity index (χ4n) is 3.53. The zero-order chi connectivity index (χ0) is 13.4. The Kier molecular flexibility index (Phi) is 3.14. The van der Waals surface area contributed by atoms with E-state index in [0.717, 1.165) is 25.2 Å². The van der Waals surface area contributed by atoms with Crippen LogP contribution in [0.15, 0.2) is 24.3 Å². The third-order valence-electron chi connectivity index (χ3n) is 4.56. The summed E-state index contributed by atoms with van der Waals surface area (Å²) in [5, 5.41) is 10.8. The Morgan fingerprint density at radius 3 is 2.89 bits per heavy atom. The van der Waals surface area contributed by atoms with Crippen molar-refractivity contribution in [2.45, 2.75) is 25.3 Å². The van der Waals surface area contributed by atoms with Crippen molar-refractivity contribution in [3.63, 3.8) is 0 Å². The minimum atomic E-state index is -0.335. The summed E-state index contributed by atoms with van der Waals surface area (Å²) in [6.07, 6.45) is 3.57. The molecule has 0 radical (unpaired) electrons. The van der Waals surface area contributed by atoms with Crippen molar-refractivity contribution in [2.24, 2.45) is 17.6 Å². The largest absolute Gasteiger partial charge is 0.371 e. The van der Waals surface area contributed by atoms with Crippen LogP contribution in [0.2, 0.25) is 0 Å². The van der Waals surface area contributed by atoms with E-state index >= 15 is 0 Å². The van der Waals surface area contributed by atoms with Gasteiger partial charge in [0.2, 0.25) is 0 Å². The van der Waals surface area contributed by atoms with E-state index in [1.165, 1.54) is 12.8 Å². The number of benzene rings is 1. The normalized spacial score (nSPS) is 30.2. The SMILES string of the molecule is NC1CCCC2CN(c3cccc([N+](=O)[O-])c3)CC12. The van der Waals surface area contributed by atoms with Crippen LogP contribution >= 0.6 is 0 Å². The molecule has 3 rings (SSSR count). The van der Waals surface area contributed by atoms with E-state index in [4.69, 9.17) is 5.73 Å². The van der Waals surface area contributed by atoms with Gasteiger partial charge in [0.05, 0.1) is 4.92 Å². The van der Waals surface area contributed by atoms with Gasteiger partial charge in [0.15, 0.2) is 0 Å². The van der Waals surface area contributed by atoms with Crippen molar-refractivity contribution in [2.75, 3.05) is 18.0 Å². The molecular formula is C14H19N3O2. The fraction of sp³-hybridized carbons (Fsp3) is 0.571. The minimum absolute atomic E-state index is 0.164. The molecule has 5 nitrogen and oxygen atoms in total. The molecule has 3 atom stereocenters. The van der Waals surface area contributed by atoms with Gasteiger partial charge >= 0.3 is 0 Å². The van der Waals surface area contributed by atoms with Crippen molar-refractivity contribution < 1.29 is 4.92 Å². The van der Waals surface area contributed by atoms with Crippen LogP contribution in [-0.2, 0) is 0 Å². The van der Waals surface area contributed by atoms with Gasteiger partial charge in [0.25, 0.3) is 5.69 Å². The molecule has 0 amide bonds. The molecule has 1 aromatic carbocycles. The highest BCUT2D eigenvalue weighted by Gasteiger charge is 2.38. The molecule has 1 aromatic rings. The minimum Gasteiger partial charge on any atom is -0.371 e. The summed E-state index contributed by atoms with van der Waals surface area (Å²) in [6.45, 7) is 1.92. The molecule has 2 fully saturated rings. The van der Waals surface area contributed by atoms with E-state index in [1.807, 2.05) is 6.07 Å². The van der Waals surface area contributed by atoms with Crippen LogP contribution in [0.25, 0.3) is 0 Å². The van der Waals surface area contributed by atoms with Crippen LogP contribution < -0.4 is 10.6 Å². The number of nitrogens with two attached hydrogens (primary N) is 1. The molecule has 1 saturated heterocycles. The van der Waals surface area contributed by atoms with Crippen LogP contribution in [0.5, 0.6) is 0 Å². The maximum absolute atomic E-state index is 10.8.